The number of hydrogen-bond donors (Lipinski definition) is 0. The summed E-state index contributed by atoms with van der Waals surface area (Å²) >= 11 is 0. The highest BCUT2D eigenvalue weighted by Gasteiger charge is 2.21. The molecule has 0 fully saturated rings. The van der Waals surface area contributed by atoms with Crippen molar-refractivity contribution < 1.29 is 0 Å². The third-order valence-electron chi connectivity index (χ3n) is 10.1. The van der Waals surface area contributed by atoms with E-state index in [9.17, 15) is 0 Å². The van der Waals surface area contributed by atoms with Gasteiger partial charge in [-0.25, -0.2) is 0 Å². The molecule has 1 heterocycles. The lowest BCUT2D eigenvalue weighted by molar-refractivity contribution is 1.18. The number of hydrogen-bond acceptors (Lipinski definition) is 1. The van der Waals surface area contributed by atoms with Crippen LogP contribution in [0.1, 0.15) is 0 Å². The van der Waals surface area contributed by atoms with Gasteiger partial charge in [0.05, 0.1) is 16.7 Å². The van der Waals surface area contributed by atoms with E-state index in [0.717, 1.165) is 22.7 Å². The Morgan fingerprint density at radius 2 is 0.980 bits per heavy atom. The van der Waals surface area contributed by atoms with E-state index >= 15 is 0 Å². The normalized spacial score (nSPS) is 11.6. The minimum absolute atomic E-state index is 1.11. The van der Waals surface area contributed by atoms with E-state index in [2.05, 4.69) is 204 Å². The second-order valence-corrected chi connectivity index (χ2v) is 12.9. The van der Waals surface area contributed by atoms with Gasteiger partial charge in [0.1, 0.15) is 0 Å². The average Bonchev–Trinajstić information content (AvgIpc) is 3.54. The zero-order valence-corrected chi connectivity index (χ0v) is 27.4. The Kier molecular flexibility index (Phi) is 6.53. The summed E-state index contributed by atoms with van der Waals surface area (Å²) in [5.41, 5.74) is 9.36. The number of aromatic nitrogens is 1. The number of anilines is 3. The van der Waals surface area contributed by atoms with E-state index in [0.29, 0.717) is 0 Å². The molecule has 0 spiro atoms. The van der Waals surface area contributed by atoms with Crippen LogP contribution in [0.5, 0.6) is 0 Å². The van der Waals surface area contributed by atoms with Crippen LogP contribution in [0.15, 0.2) is 194 Å². The van der Waals surface area contributed by atoms with Crippen molar-refractivity contribution in [3.8, 4) is 16.8 Å². The standard InChI is InChI=1S/C48H32N2/c1-3-18-36(19-4-1)49(46-32-35-16-8-9-23-39(35)42-25-11-12-26-43(42)46)38-22-13-17-34(31-38)41-27-14-28-44-48(41)47-40-24-10-7-15-33(40)29-30-45(47)50(44)37-20-5-2-6-21-37/h1-32H. The van der Waals surface area contributed by atoms with Crippen LogP contribution in [0.3, 0.4) is 0 Å². The molecule has 1 aromatic heterocycles. The first-order valence-electron chi connectivity index (χ1n) is 17.2. The highest BCUT2D eigenvalue weighted by Crippen LogP contribution is 2.45. The van der Waals surface area contributed by atoms with Crippen molar-refractivity contribution >= 4 is 71.2 Å². The predicted octanol–water partition coefficient (Wildman–Crippen LogP) is 13.4. The first-order chi connectivity index (χ1) is 24.8. The molecule has 0 unspecified atom stereocenters. The molecule has 234 valence electrons. The first-order valence-corrected chi connectivity index (χ1v) is 17.2. The second-order valence-electron chi connectivity index (χ2n) is 12.9. The summed E-state index contributed by atoms with van der Waals surface area (Å²) in [6.07, 6.45) is 0. The Morgan fingerprint density at radius 3 is 1.80 bits per heavy atom. The lowest BCUT2D eigenvalue weighted by Crippen LogP contribution is -2.10. The highest BCUT2D eigenvalue weighted by molar-refractivity contribution is 6.25. The fourth-order valence-corrected chi connectivity index (χ4v) is 7.96. The van der Waals surface area contributed by atoms with Crippen LogP contribution >= 0.6 is 0 Å². The largest absolute Gasteiger partial charge is 0.310 e. The second kappa shape index (κ2) is 11.5. The van der Waals surface area contributed by atoms with E-state index in [4.69, 9.17) is 0 Å². The summed E-state index contributed by atoms with van der Waals surface area (Å²) in [7, 11) is 0. The molecule has 0 saturated carbocycles. The molecule has 0 aliphatic rings. The Hall–Kier alpha value is -6.64. The summed E-state index contributed by atoms with van der Waals surface area (Å²) < 4.78 is 2.42. The van der Waals surface area contributed by atoms with Gasteiger partial charge in [0, 0.05) is 33.2 Å². The molecule has 0 bridgehead atoms. The molecule has 0 N–H and O–H groups in total. The van der Waals surface area contributed by atoms with Gasteiger partial charge in [-0.3, -0.25) is 0 Å². The topological polar surface area (TPSA) is 8.17 Å². The van der Waals surface area contributed by atoms with Gasteiger partial charge in [-0.15, -0.1) is 0 Å². The van der Waals surface area contributed by atoms with Gasteiger partial charge >= 0.3 is 0 Å². The van der Waals surface area contributed by atoms with Gasteiger partial charge in [0.25, 0.3) is 0 Å². The van der Waals surface area contributed by atoms with E-state index in [1.54, 1.807) is 0 Å². The Balaban J connectivity index is 1.26. The summed E-state index contributed by atoms with van der Waals surface area (Å²) in [6.45, 7) is 0. The van der Waals surface area contributed by atoms with Crippen LogP contribution in [-0.4, -0.2) is 4.57 Å². The number of nitrogens with zero attached hydrogens (tertiary/aromatic N) is 2. The Bertz CT molecular complexity index is 2870. The Labute approximate surface area is 290 Å². The van der Waals surface area contributed by atoms with Crippen LogP contribution < -0.4 is 4.90 Å². The summed E-state index contributed by atoms with van der Waals surface area (Å²) in [4.78, 5) is 2.42. The summed E-state index contributed by atoms with van der Waals surface area (Å²) in [5, 5.41) is 10.0. The van der Waals surface area contributed by atoms with Crippen molar-refractivity contribution in [2.75, 3.05) is 4.90 Å². The van der Waals surface area contributed by atoms with Crippen LogP contribution in [0.25, 0.3) is 70.9 Å². The van der Waals surface area contributed by atoms with Gasteiger partial charge in [0.15, 0.2) is 0 Å². The quantitative estimate of drug-likeness (QED) is 0.171. The fraction of sp³-hybridized carbons (Fsp3) is 0. The van der Waals surface area contributed by atoms with Crippen molar-refractivity contribution in [3.05, 3.63) is 194 Å². The zero-order chi connectivity index (χ0) is 33.0. The number of benzene rings is 9. The highest BCUT2D eigenvalue weighted by atomic mass is 15.1. The van der Waals surface area contributed by atoms with Gasteiger partial charge in [0.2, 0.25) is 0 Å². The molecule has 0 saturated heterocycles. The Morgan fingerprint density at radius 1 is 0.360 bits per heavy atom. The molecule has 50 heavy (non-hydrogen) atoms. The van der Waals surface area contributed by atoms with E-state index in [1.807, 2.05) is 0 Å². The maximum absolute atomic E-state index is 2.42. The first kappa shape index (κ1) is 28.4. The monoisotopic (exact) mass is 636 g/mol. The van der Waals surface area contributed by atoms with Crippen molar-refractivity contribution in [2.24, 2.45) is 0 Å². The van der Waals surface area contributed by atoms with E-state index in [1.165, 1.54) is 65.3 Å². The third-order valence-corrected chi connectivity index (χ3v) is 10.1. The molecule has 2 nitrogen and oxygen atoms in total. The molecule has 0 radical (unpaired) electrons. The molecular weight excluding hydrogens is 605 g/mol. The summed E-state index contributed by atoms with van der Waals surface area (Å²) in [6, 6.07) is 70.4. The minimum atomic E-state index is 1.11. The van der Waals surface area contributed by atoms with E-state index < -0.39 is 0 Å². The fourth-order valence-electron chi connectivity index (χ4n) is 7.96. The van der Waals surface area contributed by atoms with Crippen molar-refractivity contribution in [1.82, 2.24) is 4.57 Å². The van der Waals surface area contributed by atoms with E-state index in [-0.39, 0.29) is 0 Å². The smallest absolute Gasteiger partial charge is 0.0547 e. The molecule has 0 atom stereocenters. The van der Waals surface area contributed by atoms with Crippen LogP contribution in [0.4, 0.5) is 17.1 Å². The zero-order valence-electron chi connectivity index (χ0n) is 27.4. The van der Waals surface area contributed by atoms with Crippen molar-refractivity contribution in [3.63, 3.8) is 0 Å². The third kappa shape index (κ3) is 4.43. The van der Waals surface area contributed by atoms with Gasteiger partial charge in [-0.2, -0.15) is 0 Å². The molecular formula is C48H32N2. The average molecular weight is 637 g/mol. The summed E-state index contributed by atoms with van der Waals surface area (Å²) in [5.74, 6) is 0. The lowest BCUT2D eigenvalue weighted by atomic mass is 9.96. The number of para-hydroxylation sites is 2. The SMILES string of the molecule is c1ccc(N(c2cccc(-c3cccc4c3c3c5ccccc5ccc3n4-c3ccccc3)c2)c2cc3ccccc3c3ccccc23)cc1. The molecule has 9 aromatic carbocycles. The molecule has 0 aliphatic heterocycles. The van der Waals surface area contributed by atoms with Gasteiger partial charge in [-0.1, -0.05) is 140 Å². The number of fused-ring (bicyclic) bond motifs is 8. The minimum Gasteiger partial charge on any atom is -0.310 e. The van der Waals surface area contributed by atoms with Crippen LogP contribution in [0, 0.1) is 0 Å². The molecule has 0 aliphatic carbocycles. The van der Waals surface area contributed by atoms with Crippen molar-refractivity contribution in [1.29, 1.82) is 0 Å². The molecule has 2 heteroatoms. The predicted molar refractivity (Wildman–Crippen MR) is 213 cm³/mol. The van der Waals surface area contributed by atoms with Crippen LogP contribution in [0.2, 0.25) is 0 Å². The maximum atomic E-state index is 2.42. The molecule has 10 rings (SSSR count). The van der Waals surface area contributed by atoms with Crippen LogP contribution in [-0.2, 0) is 0 Å². The van der Waals surface area contributed by atoms with Crippen molar-refractivity contribution in [2.45, 2.75) is 0 Å². The van der Waals surface area contributed by atoms with Gasteiger partial charge in [-0.05, 0) is 92.7 Å². The van der Waals surface area contributed by atoms with Gasteiger partial charge < -0.3 is 9.47 Å². The maximum Gasteiger partial charge on any atom is 0.0547 e. The molecule has 10 aromatic rings. The molecule has 0 amide bonds. The lowest BCUT2D eigenvalue weighted by Gasteiger charge is -2.28. The number of rotatable bonds is 5.